The second kappa shape index (κ2) is 8.67. The van der Waals surface area contributed by atoms with Gasteiger partial charge in [-0.25, -0.2) is 0 Å². The Labute approximate surface area is 165 Å². The molecule has 0 saturated carbocycles. The summed E-state index contributed by atoms with van der Waals surface area (Å²) in [5, 5.41) is 5.11. The predicted molar refractivity (Wildman–Crippen MR) is 110 cm³/mol. The van der Waals surface area contributed by atoms with Gasteiger partial charge in [-0.15, -0.1) is 11.3 Å². The number of thiophene rings is 1. The Morgan fingerprint density at radius 3 is 2.74 bits per heavy atom. The van der Waals surface area contributed by atoms with Crippen LogP contribution in [0, 0.1) is 5.92 Å². The SMILES string of the molecule is CCc1ccccc1N1CC(C(=O)NCC(c2cccs2)N(C)C)CC1=O. The summed E-state index contributed by atoms with van der Waals surface area (Å²) in [6.07, 6.45) is 1.14. The summed E-state index contributed by atoms with van der Waals surface area (Å²) in [6, 6.07) is 12.2. The maximum absolute atomic E-state index is 12.7. The van der Waals surface area contributed by atoms with E-state index < -0.39 is 0 Å². The summed E-state index contributed by atoms with van der Waals surface area (Å²) >= 11 is 1.69. The largest absolute Gasteiger partial charge is 0.354 e. The summed E-state index contributed by atoms with van der Waals surface area (Å²) in [4.78, 5) is 30.3. The fourth-order valence-electron chi connectivity index (χ4n) is 3.55. The molecule has 2 aromatic rings. The zero-order valence-electron chi connectivity index (χ0n) is 16.1. The van der Waals surface area contributed by atoms with Crippen LogP contribution in [0.25, 0.3) is 0 Å². The van der Waals surface area contributed by atoms with Crippen molar-refractivity contribution in [3.05, 3.63) is 52.2 Å². The normalized spacial score (nSPS) is 18.1. The highest BCUT2D eigenvalue weighted by molar-refractivity contribution is 7.10. The van der Waals surface area contributed by atoms with E-state index in [0.29, 0.717) is 13.1 Å². The third-order valence-electron chi connectivity index (χ3n) is 5.12. The lowest BCUT2D eigenvalue weighted by atomic mass is 10.1. The van der Waals surface area contributed by atoms with Crippen LogP contribution in [0.15, 0.2) is 41.8 Å². The van der Waals surface area contributed by atoms with Crippen LogP contribution in [-0.4, -0.2) is 43.9 Å². The molecule has 1 aromatic heterocycles. The van der Waals surface area contributed by atoms with Gasteiger partial charge < -0.3 is 15.1 Å². The molecule has 2 amide bonds. The molecule has 1 fully saturated rings. The standard InChI is InChI=1S/C21H27N3O2S/c1-4-15-8-5-6-9-17(15)24-14-16(12-20(24)25)21(26)22-13-18(23(2)3)19-10-7-11-27-19/h5-11,16,18H,4,12-14H2,1-3H3,(H,22,26). The molecular weight excluding hydrogens is 358 g/mol. The van der Waals surface area contributed by atoms with Crippen molar-refractivity contribution in [3.63, 3.8) is 0 Å². The third kappa shape index (κ3) is 4.39. The Balaban J connectivity index is 1.64. The van der Waals surface area contributed by atoms with Gasteiger partial charge in [-0.1, -0.05) is 31.2 Å². The van der Waals surface area contributed by atoms with Crippen LogP contribution >= 0.6 is 11.3 Å². The van der Waals surface area contributed by atoms with Gasteiger partial charge in [-0.05, 0) is 43.6 Å². The molecule has 1 aliphatic rings. The number of benzene rings is 1. The lowest BCUT2D eigenvalue weighted by molar-refractivity contribution is -0.126. The maximum Gasteiger partial charge on any atom is 0.227 e. The molecule has 27 heavy (non-hydrogen) atoms. The first-order valence-electron chi connectivity index (χ1n) is 9.37. The highest BCUT2D eigenvalue weighted by Crippen LogP contribution is 2.29. The number of para-hydroxylation sites is 1. The van der Waals surface area contributed by atoms with Crippen molar-refractivity contribution in [1.82, 2.24) is 10.2 Å². The molecule has 2 atom stereocenters. The topological polar surface area (TPSA) is 52.7 Å². The van der Waals surface area contributed by atoms with Gasteiger partial charge in [0.1, 0.15) is 0 Å². The van der Waals surface area contributed by atoms with Crippen LogP contribution in [0.2, 0.25) is 0 Å². The number of aryl methyl sites for hydroxylation is 1. The van der Waals surface area contributed by atoms with E-state index in [1.807, 2.05) is 49.8 Å². The zero-order chi connectivity index (χ0) is 19.4. The first-order valence-corrected chi connectivity index (χ1v) is 10.2. The molecule has 2 heterocycles. The fourth-order valence-corrected chi connectivity index (χ4v) is 4.47. The van der Waals surface area contributed by atoms with Crippen LogP contribution in [0.1, 0.15) is 29.8 Å². The fraction of sp³-hybridized carbons (Fsp3) is 0.429. The van der Waals surface area contributed by atoms with Gasteiger partial charge in [-0.3, -0.25) is 9.59 Å². The molecule has 0 radical (unpaired) electrons. The Hall–Kier alpha value is -2.18. The number of nitrogens with zero attached hydrogens (tertiary/aromatic N) is 2. The molecule has 5 nitrogen and oxygen atoms in total. The third-order valence-corrected chi connectivity index (χ3v) is 6.10. The second-order valence-electron chi connectivity index (χ2n) is 7.13. The molecule has 1 N–H and O–H groups in total. The number of carbonyl (C=O) groups is 2. The number of hydrogen-bond donors (Lipinski definition) is 1. The average Bonchev–Trinajstić information content (AvgIpc) is 3.31. The molecule has 3 rings (SSSR count). The Morgan fingerprint density at radius 2 is 2.07 bits per heavy atom. The van der Waals surface area contributed by atoms with E-state index in [0.717, 1.165) is 17.7 Å². The molecule has 1 aromatic carbocycles. The first kappa shape index (κ1) is 19.6. The number of hydrogen-bond acceptors (Lipinski definition) is 4. The Kier molecular flexibility index (Phi) is 6.29. The average molecular weight is 386 g/mol. The van der Waals surface area contributed by atoms with Gasteiger partial charge in [0, 0.05) is 30.1 Å². The van der Waals surface area contributed by atoms with E-state index in [-0.39, 0.29) is 30.2 Å². The van der Waals surface area contributed by atoms with Crippen molar-refractivity contribution in [2.24, 2.45) is 5.92 Å². The minimum absolute atomic E-state index is 0.0264. The quantitative estimate of drug-likeness (QED) is 0.797. The van der Waals surface area contributed by atoms with Gasteiger partial charge in [0.2, 0.25) is 11.8 Å². The van der Waals surface area contributed by atoms with Crippen molar-refractivity contribution < 1.29 is 9.59 Å². The van der Waals surface area contributed by atoms with Crippen LogP contribution in [0.3, 0.4) is 0 Å². The summed E-state index contributed by atoms with van der Waals surface area (Å²) in [7, 11) is 4.03. The van der Waals surface area contributed by atoms with Crippen molar-refractivity contribution in [3.8, 4) is 0 Å². The minimum atomic E-state index is -0.298. The Morgan fingerprint density at radius 1 is 1.30 bits per heavy atom. The number of rotatable bonds is 7. The predicted octanol–water partition coefficient (Wildman–Crippen LogP) is 3.08. The van der Waals surface area contributed by atoms with E-state index in [1.54, 1.807) is 16.2 Å². The number of anilines is 1. The van der Waals surface area contributed by atoms with Crippen LogP contribution < -0.4 is 10.2 Å². The van der Waals surface area contributed by atoms with Crippen LogP contribution in [0.4, 0.5) is 5.69 Å². The van der Waals surface area contributed by atoms with E-state index >= 15 is 0 Å². The van der Waals surface area contributed by atoms with Gasteiger partial charge in [0.25, 0.3) is 0 Å². The monoisotopic (exact) mass is 385 g/mol. The minimum Gasteiger partial charge on any atom is -0.354 e. The maximum atomic E-state index is 12.7. The molecule has 1 saturated heterocycles. The molecular formula is C21H27N3O2S. The molecule has 144 valence electrons. The van der Waals surface area contributed by atoms with Gasteiger partial charge in [-0.2, -0.15) is 0 Å². The molecule has 0 aliphatic carbocycles. The second-order valence-corrected chi connectivity index (χ2v) is 8.11. The number of carbonyl (C=O) groups excluding carboxylic acids is 2. The summed E-state index contributed by atoms with van der Waals surface area (Å²) in [6.45, 7) is 3.07. The van der Waals surface area contributed by atoms with Crippen molar-refractivity contribution in [1.29, 1.82) is 0 Å². The van der Waals surface area contributed by atoms with Gasteiger partial charge in [0.15, 0.2) is 0 Å². The first-order chi connectivity index (χ1) is 13.0. The summed E-state index contributed by atoms with van der Waals surface area (Å²) in [5.41, 5.74) is 2.07. The van der Waals surface area contributed by atoms with E-state index in [2.05, 4.69) is 23.2 Å². The van der Waals surface area contributed by atoms with Gasteiger partial charge in [0.05, 0.1) is 12.0 Å². The number of likely N-dealkylation sites (N-methyl/N-ethyl adjacent to an activating group) is 1. The Bertz CT molecular complexity index is 788. The molecule has 1 aliphatic heterocycles. The van der Waals surface area contributed by atoms with Crippen molar-refractivity contribution >= 4 is 28.8 Å². The molecule has 0 spiro atoms. The number of nitrogens with one attached hydrogen (secondary N) is 1. The number of amides is 2. The van der Waals surface area contributed by atoms with Crippen LogP contribution in [-0.2, 0) is 16.0 Å². The van der Waals surface area contributed by atoms with Gasteiger partial charge >= 0.3 is 0 Å². The molecule has 2 unspecified atom stereocenters. The van der Waals surface area contributed by atoms with Crippen molar-refractivity contribution in [2.45, 2.75) is 25.8 Å². The van der Waals surface area contributed by atoms with E-state index in [4.69, 9.17) is 0 Å². The zero-order valence-corrected chi connectivity index (χ0v) is 17.0. The highest BCUT2D eigenvalue weighted by Gasteiger charge is 2.36. The summed E-state index contributed by atoms with van der Waals surface area (Å²) < 4.78 is 0. The van der Waals surface area contributed by atoms with E-state index in [1.165, 1.54) is 4.88 Å². The van der Waals surface area contributed by atoms with Crippen molar-refractivity contribution in [2.75, 3.05) is 32.1 Å². The lowest BCUT2D eigenvalue weighted by Gasteiger charge is -2.24. The lowest BCUT2D eigenvalue weighted by Crippen LogP contribution is -2.38. The summed E-state index contributed by atoms with van der Waals surface area (Å²) in [5.74, 6) is -0.310. The molecule has 0 bridgehead atoms. The smallest absolute Gasteiger partial charge is 0.227 e. The van der Waals surface area contributed by atoms with Crippen LogP contribution in [0.5, 0.6) is 0 Å². The molecule has 6 heteroatoms. The van der Waals surface area contributed by atoms with E-state index in [9.17, 15) is 9.59 Å². The highest BCUT2D eigenvalue weighted by atomic mass is 32.1.